The summed E-state index contributed by atoms with van der Waals surface area (Å²) in [6.45, 7) is 0. The summed E-state index contributed by atoms with van der Waals surface area (Å²) in [5.41, 5.74) is 1.15. The normalized spacial score (nSPS) is 16.9. The second-order valence-corrected chi connectivity index (χ2v) is 5.21. The smallest absolute Gasteiger partial charge is 0.276 e. The molecule has 2 aromatic rings. The number of amides is 1. The molecule has 2 N–H and O–H groups in total. The number of benzodiazepines with no additional fused rings is 1. The van der Waals surface area contributed by atoms with Gasteiger partial charge >= 0.3 is 0 Å². The number of carbonyl (C=O) groups excluding carboxylic acids is 1. The molecule has 0 unspecified atom stereocenters. The highest BCUT2D eigenvalue weighted by Gasteiger charge is 2.26. The zero-order valence-corrected chi connectivity index (χ0v) is 12.3. The maximum absolute atomic E-state index is 11.8. The molecular formula is C15H10ClN3O4. The number of non-ortho nitro benzene ring substituents is 1. The van der Waals surface area contributed by atoms with Crippen molar-refractivity contribution < 1.29 is 14.8 Å². The van der Waals surface area contributed by atoms with E-state index in [-0.39, 0.29) is 11.4 Å². The summed E-state index contributed by atoms with van der Waals surface area (Å²) < 4.78 is 0. The second kappa shape index (κ2) is 5.79. The third-order valence-electron chi connectivity index (χ3n) is 3.34. The van der Waals surface area contributed by atoms with Gasteiger partial charge in [0.05, 0.1) is 16.3 Å². The number of hydrogen-bond acceptors (Lipinski definition) is 5. The fraction of sp³-hybridized carbons (Fsp3) is 0.0667. The maximum Gasteiger partial charge on any atom is 0.276 e. The van der Waals surface area contributed by atoms with E-state index in [0.717, 1.165) is 0 Å². The standard InChI is InChI=1S/C15H10ClN3O4/c16-11-4-2-1-3-9(11)13-10-7-8(19(22)23)5-6-12(10)17-14(20)15(21)18-13/h1-7,15,21H,(H,17,20)/t15-/m1/s1. The number of carbonyl (C=O) groups is 1. The Morgan fingerprint density at radius 1 is 1.22 bits per heavy atom. The monoisotopic (exact) mass is 331 g/mol. The largest absolute Gasteiger partial charge is 0.364 e. The van der Waals surface area contributed by atoms with E-state index >= 15 is 0 Å². The zero-order valence-electron chi connectivity index (χ0n) is 11.6. The SMILES string of the molecule is O=C1Nc2ccc([N+](=O)[O-])cc2C(c2ccccc2Cl)=N[C@@H]1O. The molecular weight excluding hydrogens is 322 g/mol. The van der Waals surface area contributed by atoms with Crippen LogP contribution in [0.25, 0.3) is 0 Å². The van der Waals surface area contributed by atoms with Crippen LogP contribution in [0.4, 0.5) is 11.4 Å². The number of aliphatic imine (C=N–C) groups is 1. The molecule has 0 radical (unpaired) electrons. The average Bonchev–Trinajstić information content (AvgIpc) is 2.64. The molecule has 0 aromatic heterocycles. The fourth-order valence-corrected chi connectivity index (χ4v) is 2.49. The van der Waals surface area contributed by atoms with Crippen LogP contribution in [0.3, 0.4) is 0 Å². The lowest BCUT2D eigenvalue weighted by Gasteiger charge is -2.10. The number of fused-ring (bicyclic) bond motifs is 1. The first-order valence-electron chi connectivity index (χ1n) is 6.58. The van der Waals surface area contributed by atoms with Gasteiger partial charge in [-0.2, -0.15) is 0 Å². The summed E-state index contributed by atoms with van der Waals surface area (Å²) in [6.07, 6.45) is -1.63. The van der Waals surface area contributed by atoms with Crippen molar-refractivity contribution in [3.63, 3.8) is 0 Å². The molecule has 23 heavy (non-hydrogen) atoms. The molecule has 1 heterocycles. The van der Waals surface area contributed by atoms with Gasteiger partial charge in [0.2, 0.25) is 6.23 Å². The molecule has 0 spiro atoms. The number of nitrogens with one attached hydrogen (secondary N) is 1. The third-order valence-corrected chi connectivity index (χ3v) is 3.67. The van der Waals surface area contributed by atoms with Crippen molar-refractivity contribution in [2.45, 2.75) is 6.23 Å². The number of aliphatic hydroxyl groups is 1. The second-order valence-electron chi connectivity index (χ2n) is 4.81. The number of nitro groups is 1. The Hall–Kier alpha value is -2.77. The molecule has 1 aliphatic heterocycles. The fourth-order valence-electron chi connectivity index (χ4n) is 2.27. The number of rotatable bonds is 2. The molecule has 0 fully saturated rings. The lowest BCUT2D eigenvalue weighted by molar-refractivity contribution is -0.384. The molecule has 1 atom stereocenters. The Balaban J connectivity index is 2.27. The van der Waals surface area contributed by atoms with Crippen LogP contribution in [0.5, 0.6) is 0 Å². The minimum absolute atomic E-state index is 0.158. The number of aliphatic hydroxyl groups excluding tert-OH is 1. The van der Waals surface area contributed by atoms with Gasteiger partial charge in [-0.1, -0.05) is 29.8 Å². The third kappa shape index (κ3) is 2.79. The number of halogens is 1. The first kappa shape index (κ1) is 15.1. The average molecular weight is 332 g/mol. The molecule has 7 nitrogen and oxygen atoms in total. The Labute approximate surface area is 135 Å². The van der Waals surface area contributed by atoms with E-state index in [4.69, 9.17) is 11.6 Å². The van der Waals surface area contributed by atoms with E-state index in [1.165, 1.54) is 18.2 Å². The summed E-state index contributed by atoms with van der Waals surface area (Å²) in [5, 5.41) is 23.7. The summed E-state index contributed by atoms with van der Waals surface area (Å²) in [4.78, 5) is 26.3. The number of hydrogen-bond donors (Lipinski definition) is 2. The van der Waals surface area contributed by atoms with Crippen molar-refractivity contribution in [2.24, 2.45) is 4.99 Å². The number of benzene rings is 2. The highest BCUT2D eigenvalue weighted by atomic mass is 35.5. The van der Waals surface area contributed by atoms with Crippen LogP contribution < -0.4 is 5.32 Å². The molecule has 0 bridgehead atoms. The topological polar surface area (TPSA) is 105 Å². The van der Waals surface area contributed by atoms with Crippen molar-refractivity contribution in [1.82, 2.24) is 0 Å². The van der Waals surface area contributed by atoms with Gasteiger partial charge in [0.25, 0.3) is 11.6 Å². The number of anilines is 1. The lowest BCUT2D eigenvalue weighted by atomic mass is 10.00. The van der Waals surface area contributed by atoms with Crippen LogP contribution in [0, 0.1) is 10.1 Å². The Morgan fingerprint density at radius 2 is 1.96 bits per heavy atom. The van der Waals surface area contributed by atoms with Gasteiger partial charge in [-0.3, -0.25) is 14.9 Å². The quantitative estimate of drug-likeness (QED) is 0.651. The van der Waals surface area contributed by atoms with Gasteiger partial charge in [-0.25, -0.2) is 4.99 Å². The molecule has 1 amide bonds. The Kier molecular flexibility index (Phi) is 3.81. The lowest BCUT2D eigenvalue weighted by Crippen LogP contribution is -2.24. The van der Waals surface area contributed by atoms with Crippen LogP contribution >= 0.6 is 11.6 Å². The maximum atomic E-state index is 11.8. The first-order chi connectivity index (χ1) is 11.0. The van der Waals surface area contributed by atoms with Gasteiger partial charge < -0.3 is 10.4 Å². The minimum atomic E-state index is -1.63. The summed E-state index contributed by atoms with van der Waals surface area (Å²) in [5.74, 6) is -0.720. The van der Waals surface area contributed by atoms with Crippen LogP contribution in [0.15, 0.2) is 47.5 Å². The predicted octanol–water partition coefficient (Wildman–Crippen LogP) is 2.36. The summed E-state index contributed by atoms with van der Waals surface area (Å²) in [7, 11) is 0. The molecule has 116 valence electrons. The van der Waals surface area contributed by atoms with Crippen LogP contribution in [0.2, 0.25) is 5.02 Å². The minimum Gasteiger partial charge on any atom is -0.364 e. The number of nitrogens with zero attached hydrogens (tertiary/aromatic N) is 2. The first-order valence-corrected chi connectivity index (χ1v) is 6.95. The Morgan fingerprint density at radius 3 is 2.65 bits per heavy atom. The van der Waals surface area contributed by atoms with Crippen LogP contribution in [0.1, 0.15) is 11.1 Å². The molecule has 2 aromatic carbocycles. The van der Waals surface area contributed by atoms with Gasteiger partial charge in [0.1, 0.15) is 0 Å². The molecule has 0 saturated heterocycles. The summed E-state index contributed by atoms with van der Waals surface area (Å²) >= 11 is 6.16. The van der Waals surface area contributed by atoms with Crippen molar-refractivity contribution in [2.75, 3.05) is 5.32 Å². The van der Waals surface area contributed by atoms with E-state index in [2.05, 4.69) is 10.3 Å². The predicted molar refractivity (Wildman–Crippen MR) is 84.8 cm³/mol. The van der Waals surface area contributed by atoms with Gasteiger partial charge in [0.15, 0.2) is 0 Å². The van der Waals surface area contributed by atoms with E-state index in [1.54, 1.807) is 24.3 Å². The molecule has 0 saturated carbocycles. The Bertz CT molecular complexity index is 850. The van der Waals surface area contributed by atoms with Gasteiger partial charge in [0, 0.05) is 28.3 Å². The molecule has 0 aliphatic carbocycles. The molecule has 1 aliphatic rings. The number of nitro benzene ring substituents is 1. The van der Waals surface area contributed by atoms with Crippen LogP contribution in [-0.2, 0) is 4.79 Å². The van der Waals surface area contributed by atoms with Crippen molar-refractivity contribution in [3.05, 3.63) is 68.7 Å². The highest BCUT2D eigenvalue weighted by molar-refractivity contribution is 6.36. The van der Waals surface area contributed by atoms with Crippen molar-refractivity contribution >= 4 is 34.6 Å². The molecule has 8 heteroatoms. The van der Waals surface area contributed by atoms with Crippen molar-refractivity contribution in [3.8, 4) is 0 Å². The van der Waals surface area contributed by atoms with Gasteiger partial charge in [-0.05, 0) is 12.1 Å². The van der Waals surface area contributed by atoms with E-state index in [0.29, 0.717) is 21.8 Å². The van der Waals surface area contributed by atoms with Crippen molar-refractivity contribution in [1.29, 1.82) is 0 Å². The van der Waals surface area contributed by atoms with Gasteiger partial charge in [-0.15, -0.1) is 0 Å². The molecule has 3 rings (SSSR count). The highest BCUT2D eigenvalue weighted by Crippen LogP contribution is 2.30. The zero-order chi connectivity index (χ0) is 16.6. The van der Waals surface area contributed by atoms with E-state index in [1.807, 2.05) is 0 Å². The van der Waals surface area contributed by atoms with E-state index in [9.17, 15) is 20.0 Å². The summed E-state index contributed by atoms with van der Waals surface area (Å²) in [6, 6.07) is 10.7. The van der Waals surface area contributed by atoms with Crippen LogP contribution in [-0.4, -0.2) is 27.9 Å². The van der Waals surface area contributed by atoms with E-state index < -0.39 is 17.1 Å².